The second-order valence-corrected chi connectivity index (χ2v) is 7.17. The van der Waals surface area contributed by atoms with Gasteiger partial charge in [0.25, 0.3) is 5.91 Å². The molecular formula is C21H25ClN2O3. The molecule has 1 atom stereocenters. The van der Waals surface area contributed by atoms with E-state index in [0.717, 1.165) is 11.3 Å². The molecule has 2 aromatic carbocycles. The van der Waals surface area contributed by atoms with Crippen molar-refractivity contribution in [1.29, 1.82) is 0 Å². The van der Waals surface area contributed by atoms with Crippen molar-refractivity contribution in [2.75, 3.05) is 7.11 Å². The van der Waals surface area contributed by atoms with Gasteiger partial charge in [-0.1, -0.05) is 37.6 Å². The van der Waals surface area contributed by atoms with E-state index in [9.17, 15) is 9.59 Å². The minimum Gasteiger partial charge on any atom is -0.497 e. The number of benzene rings is 2. The average molecular weight is 389 g/mol. The first-order valence-corrected chi connectivity index (χ1v) is 9.24. The Hall–Kier alpha value is -2.53. The van der Waals surface area contributed by atoms with E-state index in [1.54, 1.807) is 31.4 Å². The summed E-state index contributed by atoms with van der Waals surface area (Å²) in [5.41, 5.74) is 1.39. The van der Waals surface area contributed by atoms with Crippen LogP contribution in [0.5, 0.6) is 5.75 Å². The van der Waals surface area contributed by atoms with Crippen LogP contribution in [0.2, 0.25) is 5.02 Å². The Kier molecular flexibility index (Phi) is 7.67. The maximum absolute atomic E-state index is 12.6. The molecule has 0 radical (unpaired) electrons. The molecule has 6 heteroatoms. The lowest BCUT2D eigenvalue weighted by atomic mass is 10.0. The smallest absolute Gasteiger partial charge is 0.251 e. The molecule has 0 heterocycles. The predicted octanol–water partition coefficient (Wildman–Crippen LogP) is 3.81. The van der Waals surface area contributed by atoms with Crippen LogP contribution in [0, 0.1) is 5.92 Å². The number of hydrogen-bond acceptors (Lipinski definition) is 3. The molecule has 5 nitrogen and oxygen atoms in total. The molecule has 0 bridgehead atoms. The summed E-state index contributed by atoms with van der Waals surface area (Å²) in [6, 6.07) is 13.5. The van der Waals surface area contributed by atoms with Crippen molar-refractivity contribution >= 4 is 23.4 Å². The van der Waals surface area contributed by atoms with Crippen LogP contribution < -0.4 is 15.4 Å². The molecule has 27 heavy (non-hydrogen) atoms. The Labute approximate surface area is 165 Å². The lowest BCUT2D eigenvalue weighted by Crippen LogP contribution is -2.47. The van der Waals surface area contributed by atoms with E-state index in [1.165, 1.54) is 0 Å². The molecular weight excluding hydrogens is 364 g/mol. The van der Waals surface area contributed by atoms with Gasteiger partial charge < -0.3 is 15.4 Å². The fraction of sp³-hybridized carbons (Fsp3) is 0.333. The zero-order chi connectivity index (χ0) is 19.8. The zero-order valence-electron chi connectivity index (χ0n) is 15.8. The van der Waals surface area contributed by atoms with Crippen molar-refractivity contribution in [3.05, 3.63) is 64.7 Å². The van der Waals surface area contributed by atoms with Crippen molar-refractivity contribution in [2.45, 2.75) is 32.9 Å². The second-order valence-electron chi connectivity index (χ2n) is 6.73. The number of nitrogens with one attached hydrogen (secondary N) is 2. The van der Waals surface area contributed by atoms with E-state index in [2.05, 4.69) is 10.6 Å². The van der Waals surface area contributed by atoms with Gasteiger partial charge in [0.2, 0.25) is 5.91 Å². The van der Waals surface area contributed by atoms with Gasteiger partial charge in [-0.25, -0.2) is 0 Å². The molecule has 144 valence electrons. The highest BCUT2D eigenvalue weighted by Crippen LogP contribution is 2.13. The van der Waals surface area contributed by atoms with Gasteiger partial charge in [0, 0.05) is 17.1 Å². The van der Waals surface area contributed by atoms with Gasteiger partial charge in [-0.15, -0.1) is 0 Å². The minimum absolute atomic E-state index is 0.214. The average Bonchev–Trinajstić information content (AvgIpc) is 2.65. The van der Waals surface area contributed by atoms with Crippen LogP contribution >= 0.6 is 11.6 Å². The molecule has 2 rings (SSSR count). The minimum atomic E-state index is -0.612. The molecule has 1 unspecified atom stereocenters. The van der Waals surface area contributed by atoms with Gasteiger partial charge in [-0.3, -0.25) is 9.59 Å². The Morgan fingerprint density at radius 3 is 2.44 bits per heavy atom. The quantitative estimate of drug-likeness (QED) is 0.722. The second kappa shape index (κ2) is 9.97. The van der Waals surface area contributed by atoms with Gasteiger partial charge in [-0.05, 0) is 54.3 Å². The van der Waals surface area contributed by atoms with Gasteiger partial charge in [0.05, 0.1) is 7.11 Å². The molecule has 0 saturated carbocycles. The Bertz CT molecular complexity index is 775. The Morgan fingerprint density at radius 1 is 1.11 bits per heavy atom. The third-order valence-electron chi connectivity index (χ3n) is 4.04. The summed E-state index contributed by atoms with van der Waals surface area (Å²) >= 11 is 5.86. The summed E-state index contributed by atoms with van der Waals surface area (Å²) in [5.74, 6) is 0.474. The molecule has 0 aliphatic carbocycles. The first-order chi connectivity index (χ1) is 12.9. The molecule has 2 N–H and O–H groups in total. The summed E-state index contributed by atoms with van der Waals surface area (Å²) in [4.78, 5) is 25.1. The highest BCUT2D eigenvalue weighted by atomic mass is 35.5. The van der Waals surface area contributed by atoms with Crippen LogP contribution in [0.1, 0.15) is 36.2 Å². The van der Waals surface area contributed by atoms with Crippen LogP contribution in [0.4, 0.5) is 0 Å². The number of rotatable bonds is 8. The maximum Gasteiger partial charge on any atom is 0.251 e. The highest BCUT2D eigenvalue weighted by molar-refractivity contribution is 6.30. The van der Waals surface area contributed by atoms with Gasteiger partial charge >= 0.3 is 0 Å². The number of amides is 2. The molecule has 0 aromatic heterocycles. The summed E-state index contributed by atoms with van der Waals surface area (Å²) in [6.45, 7) is 4.38. The Balaban J connectivity index is 2.02. The first-order valence-electron chi connectivity index (χ1n) is 8.86. The van der Waals surface area contributed by atoms with Crippen molar-refractivity contribution in [3.8, 4) is 5.75 Å². The molecule has 0 spiro atoms. The summed E-state index contributed by atoms with van der Waals surface area (Å²) in [7, 11) is 1.60. The lowest BCUT2D eigenvalue weighted by molar-refractivity contribution is -0.123. The fourth-order valence-electron chi connectivity index (χ4n) is 2.64. The predicted molar refractivity (Wildman–Crippen MR) is 107 cm³/mol. The van der Waals surface area contributed by atoms with E-state index in [1.807, 2.05) is 38.1 Å². The molecule has 0 aliphatic heterocycles. The van der Waals surface area contributed by atoms with E-state index in [4.69, 9.17) is 16.3 Å². The van der Waals surface area contributed by atoms with Crippen molar-refractivity contribution in [2.24, 2.45) is 5.92 Å². The fourth-order valence-corrected chi connectivity index (χ4v) is 2.77. The highest BCUT2D eigenvalue weighted by Gasteiger charge is 2.22. The topological polar surface area (TPSA) is 67.4 Å². The summed E-state index contributed by atoms with van der Waals surface area (Å²) in [6.07, 6.45) is 0.545. The molecule has 0 fully saturated rings. The number of ether oxygens (including phenoxy) is 1. The first kappa shape index (κ1) is 20.8. The normalized spacial score (nSPS) is 11.7. The van der Waals surface area contributed by atoms with E-state index < -0.39 is 6.04 Å². The van der Waals surface area contributed by atoms with Crippen molar-refractivity contribution in [3.63, 3.8) is 0 Å². The molecule has 0 aliphatic rings. The van der Waals surface area contributed by atoms with Gasteiger partial charge in [-0.2, -0.15) is 0 Å². The third kappa shape index (κ3) is 6.61. The van der Waals surface area contributed by atoms with Crippen LogP contribution in [0.3, 0.4) is 0 Å². The summed E-state index contributed by atoms with van der Waals surface area (Å²) in [5, 5.41) is 6.27. The van der Waals surface area contributed by atoms with Gasteiger partial charge in [0.15, 0.2) is 0 Å². The number of carbonyl (C=O) groups excluding carboxylic acids is 2. The van der Waals surface area contributed by atoms with Crippen LogP contribution in [0.25, 0.3) is 0 Å². The van der Waals surface area contributed by atoms with E-state index in [0.29, 0.717) is 23.6 Å². The molecule has 2 amide bonds. The molecule has 0 saturated heterocycles. The van der Waals surface area contributed by atoms with Crippen molar-refractivity contribution in [1.82, 2.24) is 10.6 Å². The largest absolute Gasteiger partial charge is 0.497 e. The summed E-state index contributed by atoms with van der Waals surface area (Å²) < 4.78 is 5.19. The monoisotopic (exact) mass is 388 g/mol. The van der Waals surface area contributed by atoms with Crippen LogP contribution in [-0.4, -0.2) is 25.0 Å². The standard InChI is InChI=1S/C21H25ClN2O3/c1-14(2)11-19(24-20(25)16-7-9-17(22)10-8-16)21(26)23-13-15-5-4-6-18(12-15)27-3/h4-10,12,14,19H,11,13H2,1-3H3,(H,23,26)(H,24,25). The van der Waals surface area contributed by atoms with Crippen molar-refractivity contribution < 1.29 is 14.3 Å². The Morgan fingerprint density at radius 2 is 1.81 bits per heavy atom. The number of hydrogen-bond donors (Lipinski definition) is 2. The SMILES string of the molecule is COc1cccc(CNC(=O)C(CC(C)C)NC(=O)c2ccc(Cl)cc2)c1. The number of methoxy groups -OCH3 is 1. The van der Waals surface area contributed by atoms with Crippen LogP contribution in [0.15, 0.2) is 48.5 Å². The lowest BCUT2D eigenvalue weighted by Gasteiger charge is -2.20. The van der Waals surface area contributed by atoms with Gasteiger partial charge in [0.1, 0.15) is 11.8 Å². The number of halogens is 1. The zero-order valence-corrected chi connectivity index (χ0v) is 16.5. The maximum atomic E-state index is 12.6. The van der Waals surface area contributed by atoms with Crippen LogP contribution in [-0.2, 0) is 11.3 Å². The third-order valence-corrected chi connectivity index (χ3v) is 4.29. The molecule has 2 aromatic rings. The number of carbonyl (C=O) groups is 2. The van der Waals surface area contributed by atoms with E-state index >= 15 is 0 Å². The van der Waals surface area contributed by atoms with E-state index in [-0.39, 0.29) is 17.7 Å².